The highest BCUT2D eigenvalue weighted by Gasteiger charge is 2.24. The van der Waals surface area contributed by atoms with Crippen molar-refractivity contribution < 1.29 is 24.5 Å². The summed E-state index contributed by atoms with van der Waals surface area (Å²) in [5.41, 5.74) is 0. The van der Waals surface area contributed by atoms with E-state index in [9.17, 15) is 19.8 Å². The van der Waals surface area contributed by atoms with E-state index in [1.165, 1.54) is 238 Å². The molecule has 6 heteroatoms. The Morgan fingerprint density at radius 3 is 1.07 bits per heavy atom. The minimum atomic E-state index is -0.792. The van der Waals surface area contributed by atoms with E-state index in [4.69, 9.17) is 4.74 Å². The van der Waals surface area contributed by atoms with E-state index in [0.29, 0.717) is 19.3 Å². The highest BCUT2D eigenvalue weighted by Crippen LogP contribution is 2.19. The number of aliphatic hydroxyl groups excluding tert-OH is 2. The molecule has 3 atom stereocenters. The van der Waals surface area contributed by atoms with Gasteiger partial charge in [-0.05, 0) is 51.4 Å². The molecule has 0 saturated carbocycles. The summed E-state index contributed by atoms with van der Waals surface area (Å²) in [7, 11) is 0. The predicted octanol–water partition coefficient (Wildman–Crippen LogP) is 19.8. The van der Waals surface area contributed by atoms with Gasteiger partial charge in [0.25, 0.3) is 0 Å². The van der Waals surface area contributed by atoms with Crippen LogP contribution in [0.3, 0.4) is 0 Å². The number of amides is 1. The lowest BCUT2D eigenvalue weighted by molar-refractivity contribution is -0.151. The van der Waals surface area contributed by atoms with Gasteiger partial charge in [0.2, 0.25) is 5.91 Å². The number of hydrogen-bond donors (Lipinski definition) is 3. The third-order valence-electron chi connectivity index (χ3n) is 14.8. The summed E-state index contributed by atoms with van der Waals surface area (Å²) in [6.07, 6.45) is 69.7. The first kappa shape index (κ1) is 68.3. The van der Waals surface area contributed by atoms with E-state index in [2.05, 4.69) is 50.4 Å². The van der Waals surface area contributed by atoms with Crippen LogP contribution in [0.25, 0.3) is 0 Å². The average Bonchev–Trinajstić information content (AvgIpc) is 3.35. The van der Waals surface area contributed by atoms with Gasteiger partial charge in [-0.3, -0.25) is 9.59 Å². The van der Waals surface area contributed by atoms with E-state index >= 15 is 0 Å². The Bertz CT molecular complexity index is 1110. The lowest BCUT2D eigenvalue weighted by Gasteiger charge is -2.24. The number of carbonyl (C=O) groups excluding carboxylic acids is 2. The third kappa shape index (κ3) is 52.7. The predicted molar refractivity (Wildman–Crippen MR) is 306 cm³/mol. The molecule has 70 heavy (non-hydrogen) atoms. The summed E-state index contributed by atoms with van der Waals surface area (Å²) in [5, 5.41) is 24.0. The first-order chi connectivity index (χ1) is 34.5. The highest BCUT2D eigenvalue weighted by molar-refractivity contribution is 5.77. The number of unbranched alkanes of at least 4 members (excludes halogenated alkanes) is 43. The van der Waals surface area contributed by atoms with Crippen LogP contribution in [0.4, 0.5) is 0 Å². The van der Waals surface area contributed by atoms with Gasteiger partial charge in [0.15, 0.2) is 0 Å². The van der Waals surface area contributed by atoms with Crippen LogP contribution in [0.5, 0.6) is 0 Å². The van der Waals surface area contributed by atoms with Gasteiger partial charge < -0.3 is 20.3 Å². The summed E-state index contributed by atoms with van der Waals surface area (Å²) in [5.74, 6) is -0.476. The SMILES string of the molecule is CCCCCCCCC/C=C/C=C/CCCCCC(CC(=O)NC(CO)C(O)CCCCCCCCCCCCCCCCCC)OC(=O)CCCCCCCCCCCCCCCCCCCCC. The zero-order valence-corrected chi connectivity index (χ0v) is 47.4. The second-order valence-electron chi connectivity index (χ2n) is 21.9. The number of allylic oxidation sites excluding steroid dienone is 4. The minimum absolute atomic E-state index is 0.0661. The van der Waals surface area contributed by atoms with Gasteiger partial charge in [0.1, 0.15) is 6.10 Å². The molecule has 0 aromatic rings. The summed E-state index contributed by atoms with van der Waals surface area (Å²) >= 11 is 0. The minimum Gasteiger partial charge on any atom is -0.462 e. The topological polar surface area (TPSA) is 95.9 Å². The molecule has 1 amide bonds. The van der Waals surface area contributed by atoms with Crippen molar-refractivity contribution >= 4 is 11.9 Å². The number of esters is 1. The normalized spacial score (nSPS) is 13.2. The van der Waals surface area contributed by atoms with E-state index < -0.39 is 18.2 Å². The number of nitrogens with one attached hydrogen (secondary N) is 1. The molecule has 0 aliphatic rings. The van der Waals surface area contributed by atoms with E-state index in [0.717, 1.165) is 64.2 Å². The zero-order valence-electron chi connectivity index (χ0n) is 47.4. The van der Waals surface area contributed by atoms with Gasteiger partial charge in [-0.2, -0.15) is 0 Å². The fourth-order valence-corrected chi connectivity index (χ4v) is 10.0. The molecule has 6 nitrogen and oxygen atoms in total. The lowest BCUT2D eigenvalue weighted by Crippen LogP contribution is -2.46. The molecule has 0 fully saturated rings. The molecule has 3 unspecified atom stereocenters. The molecule has 414 valence electrons. The summed E-state index contributed by atoms with van der Waals surface area (Å²) in [4.78, 5) is 26.4. The smallest absolute Gasteiger partial charge is 0.306 e. The standard InChI is InChI=1S/C64H123NO5/c1-4-7-10-13-16-19-22-25-28-31-32-33-36-39-42-45-48-51-54-57-64(69)70-60(55-52-49-46-43-40-37-34-29-26-23-20-17-14-11-8-5-2)58-63(68)65-61(59-66)62(67)56-53-50-47-44-41-38-35-30-27-24-21-18-15-12-9-6-3/h29,34,37,40,60-62,66-67H,4-28,30-33,35-36,38-39,41-59H2,1-3H3,(H,65,68)/b34-29+,40-37+. The summed E-state index contributed by atoms with van der Waals surface area (Å²) < 4.78 is 5.97. The van der Waals surface area contributed by atoms with Gasteiger partial charge in [0, 0.05) is 6.42 Å². The van der Waals surface area contributed by atoms with Gasteiger partial charge >= 0.3 is 5.97 Å². The molecule has 0 aromatic carbocycles. The molecule has 0 heterocycles. The van der Waals surface area contributed by atoms with Crippen molar-refractivity contribution in [1.29, 1.82) is 0 Å². The first-order valence-corrected chi connectivity index (χ1v) is 31.6. The second kappa shape index (κ2) is 58.2. The van der Waals surface area contributed by atoms with Crippen molar-refractivity contribution in [2.24, 2.45) is 0 Å². The van der Waals surface area contributed by atoms with E-state index in [-0.39, 0.29) is 24.9 Å². The van der Waals surface area contributed by atoms with Crippen molar-refractivity contribution in [3.63, 3.8) is 0 Å². The second-order valence-corrected chi connectivity index (χ2v) is 21.9. The van der Waals surface area contributed by atoms with Crippen LogP contribution < -0.4 is 5.32 Å². The van der Waals surface area contributed by atoms with E-state index in [1.807, 2.05) is 0 Å². The monoisotopic (exact) mass is 986 g/mol. The first-order valence-electron chi connectivity index (χ1n) is 31.6. The van der Waals surface area contributed by atoms with Crippen LogP contribution in [0.15, 0.2) is 24.3 Å². The van der Waals surface area contributed by atoms with Crippen molar-refractivity contribution in [3.05, 3.63) is 24.3 Å². The van der Waals surface area contributed by atoms with Crippen molar-refractivity contribution in [2.45, 2.75) is 366 Å². The summed E-state index contributed by atoms with van der Waals surface area (Å²) in [6.45, 7) is 6.53. The number of hydrogen-bond acceptors (Lipinski definition) is 5. The Labute approximate surface area is 437 Å². The fraction of sp³-hybridized carbons (Fsp3) is 0.906. The number of rotatable bonds is 58. The molecule has 0 spiro atoms. The molecule has 0 aromatic heterocycles. The van der Waals surface area contributed by atoms with Crippen LogP contribution in [0.1, 0.15) is 348 Å². The number of ether oxygens (including phenoxy) is 1. The maximum Gasteiger partial charge on any atom is 0.306 e. The molecule has 0 aliphatic carbocycles. The lowest BCUT2D eigenvalue weighted by atomic mass is 10.0. The number of carbonyl (C=O) groups is 2. The number of aliphatic hydroxyl groups is 2. The maximum atomic E-state index is 13.3. The van der Waals surface area contributed by atoms with Crippen LogP contribution in [0.2, 0.25) is 0 Å². The zero-order chi connectivity index (χ0) is 50.9. The van der Waals surface area contributed by atoms with Gasteiger partial charge in [-0.15, -0.1) is 0 Å². The Hall–Kier alpha value is -1.66. The van der Waals surface area contributed by atoms with Gasteiger partial charge in [-0.25, -0.2) is 0 Å². The molecular formula is C64H123NO5. The Morgan fingerprint density at radius 2 is 0.714 bits per heavy atom. The van der Waals surface area contributed by atoms with Gasteiger partial charge in [-0.1, -0.05) is 308 Å². The van der Waals surface area contributed by atoms with Crippen LogP contribution in [-0.4, -0.2) is 46.9 Å². The van der Waals surface area contributed by atoms with Crippen LogP contribution in [-0.2, 0) is 14.3 Å². The molecule has 0 aliphatic heterocycles. The Kier molecular flexibility index (Phi) is 56.9. The molecule has 0 saturated heterocycles. The molecule has 3 N–H and O–H groups in total. The Morgan fingerprint density at radius 1 is 0.414 bits per heavy atom. The molecular weight excluding hydrogens is 863 g/mol. The Balaban J connectivity index is 4.52. The van der Waals surface area contributed by atoms with E-state index in [1.54, 1.807) is 0 Å². The van der Waals surface area contributed by atoms with Crippen molar-refractivity contribution in [2.75, 3.05) is 6.61 Å². The molecule has 0 rings (SSSR count). The van der Waals surface area contributed by atoms with Crippen molar-refractivity contribution in [1.82, 2.24) is 5.32 Å². The van der Waals surface area contributed by atoms with Gasteiger partial charge in [0.05, 0.1) is 25.2 Å². The quantitative estimate of drug-likeness (QED) is 0.0321. The maximum absolute atomic E-state index is 13.3. The average molecular weight is 987 g/mol. The van der Waals surface area contributed by atoms with Crippen LogP contribution >= 0.6 is 0 Å². The molecule has 0 bridgehead atoms. The fourth-order valence-electron chi connectivity index (χ4n) is 10.0. The third-order valence-corrected chi connectivity index (χ3v) is 14.8. The largest absolute Gasteiger partial charge is 0.462 e. The molecule has 0 radical (unpaired) electrons. The summed E-state index contributed by atoms with van der Waals surface area (Å²) in [6, 6.07) is -0.707. The van der Waals surface area contributed by atoms with Crippen LogP contribution in [0, 0.1) is 0 Å². The highest BCUT2D eigenvalue weighted by atomic mass is 16.5. The van der Waals surface area contributed by atoms with Crippen molar-refractivity contribution in [3.8, 4) is 0 Å².